The molecule has 0 bridgehead atoms. The molecule has 2 aromatic carbocycles. The summed E-state index contributed by atoms with van der Waals surface area (Å²) >= 11 is 1.51. The Morgan fingerprint density at radius 1 is 0.900 bits per heavy atom. The first-order valence-corrected chi connectivity index (χ1v) is 11.3. The van der Waals surface area contributed by atoms with Crippen LogP contribution in [-0.4, -0.2) is 19.5 Å². The van der Waals surface area contributed by atoms with Crippen LogP contribution >= 0.6 is 11.8 Å². The second kappa shape index (κ2) is 8.07. The number of nitrogens with zero attached hydrogens (tertiary/aromatic N) is 4. The summed E-state index contributed by atoms with van der Waals surface area (Å²) in [6.07, 6.45) is 5.58. The van der Waals surface area contributed by atoms with Crippen molar-refractivity contribution in [3.63, 3.8) is 0 Å². The Balaban J connectivity index is 1.54. The lowest BCUT2D eigenvalue weighted by Gasteiger charge is -2.26. The highest BCUT2D eigenvalue weighted by molar-refractivity contribution is 7.98. The third-order valence-corrected chi connectivity index (χ3v) is 6.67. The van der Waals surface area contributed by atoms with Crippen molar-refractivity contribution in [3.05, 3.63) is 64.7 Å². The minimum absolute atomic E-state index is 0.0499. The van der Waals surface area contributed by atoms with E-state index in [0.29, 0.717) is 22.8 Å². The summed E-state index contributed by atoms with van der Waals surface area (Å²) in [6.45, 7) is 0. The molecular formula is C23H23N5OS. The third-order valence-electron chi connectivity index (χ3n) is 5.72. The molecule has 152 valence electrons. The van der Waals surface area contributed by atoms with Crippen molar-refractivity contribution in [2.75, 3.05) is 5.73 Å². The zero-order valence-corrected chi connectivity index (χ0v) is 17.4. The van der Waals surface area contributed by atoms with E-state index in [1.807, 2.05) is 53.1 Å². The van der Waals surface area contributed by atoms with Crippen LogP contribution < -0.4 is 11.3 Å². The standard InChI is InChI=1S/C23H23N5OS/c24-21-16-10-4-6-12-18(16)25-20(27-21)14-30-23-26-19-13-7-5-11-17(19)22(29)28(23)15-8-2-1-3-9-15/h4-7,10-13,15H,1-3,8-9,14H2,(H2,24,25,27). The molecule has 2 aromatic heterocycles. The molecule has 0 aliphatic heterocycles. The van der Waals surface area contributed by atoms with Crippen molar-refractivity contribution >= 4 is 39.4 Å². The monoisotopic (exact) mass is 417 g/mol. The number of anilines is 1. The van der Waals surface area contributed by atoms with Crippen molar-refractivity contribution in [1.82, 2.24) is 19.5 Å². The first kappa shape index (κ1) is 19.1. The summed E-state index contributed by atoms with van der Waals surface area (Å²) in [5, 5.41) is 2.27. The molecule has 5 rings (SSSR count). The minimum Gasteiger partial charge on any atom is -0.383 e. The molecule has 0 unspecified atom stereocenters. The molecule has 30 heavy (non-hydrogen) atoms. The molecule has 7 heteroatoms. The highest BCUT2D eigenvalue weighted by atomic mass is 32.2. The Morgan fingerprint density at radius 2 is 1.57 bits per heavy atom. The topological polar surface area (TPSA) is 86.7 Å². The van der Waals surface area contributed by atoms with E-state index in [1.54, 1.807) is 0 Å². The fourth-order valence-electron chi connectivity index (χ4n) is 4.23. The van der Waals surface area contributed by atoms with E-state index in [9.17, 15) is 4.79 Å². The van der Waals surface area contributed by atoms with Gasteiger partial charge in [0.2, 0.25) is 0 Å². The van der Waals surface area contributed by atoms with Gasteiger partial charge in [0.15, 0.2) is 5.16 Å². The Kier molecular flexibility index (Phi) is 5.12. The van der Waals surface area contributed by atoms with Gasteiger partial charge in [0.1, 0.15) is 11.6 Å². The second-order valence-electron chi connectivity index (χ2n) is 7.71. The number of benzene rings is 2. The largest absolute Gasteiger partial charge is 0.383 e. The molecule has 1 fully saturated rings. The number of nitrogens with two attached hydrogens (primary N) is 1. The second-order valence-corrected chi connectivity index (χ2v) is 8.65. The molecule has 2 heterocycles. The van der Waals surface area contributed by atoms with Crippen LogP contribution in [0.25, 0.3) is 21.8 Å². The van der Waals surface area contributed by atoms with E-state index in [-0.39, 0.29) is 11.6 Å². The number of nitrogen functional groups attached to an aromatic ring is 1. The molecule has 0 spiro atoms. The summed E-state index contributed by atoms with van der Waals surface area (Å²) in [7, 11) is 0. The van der Waals surface area contributed by atoms with Gasteiger partial charge in [-0.2, -0.15) is 0 Å². The fourth-order valence-corrected chi connectivity index (χ4v) is 5.15. The summed E-state index contributed by atoms with van der Waals surface area (Å²) in [5.41, 5.74) is 7.75. The van der Waals surface area contributed by atoms with E-state index in [0.717, 1.165) is 47.3 Å². The Morgan fingerprint density at radius 3 is 2.33 bits per heavy atom. The Labute approximate surface area is 178 Å². The zero-order chi connectivity index (χ0) is 20.5. The van der Waals surface area contributed by atoms with Gasteiger partial charge in [0.25, 0.3) is 5.56 Å². The van der Waals surface area contributed by atoms with E-state index in [4.69, 9.17) is 10.7 Å². The van der Waals surface area contributed by atoms with Crippen molar-refractivity contribution in [2.24, 2.45) is 0 Å². The molecule has 2 N–H and O–H groups in total. The number of para-hydroxylation sites is 2. The molecule has 4 aromatic rings. The van der Waals surface area contributed by atoms with Gasteiger partial charge in [-0.3, -0.25) is 9.36 Å². The normalized spacial score (nSPS) is 15.1. The number of thioether (sulfide) groups is 1. The molecule has 1 saturated carbocycles. The first-order chi connectivity index (χ1) is 14.7. The summed E-state index contributed by atoms with van der Waals surface area (Å²) in [6, 6.07) is 15.5. The molecule has 0 radical (unpaired) electrons. The number of aromatic nitrogens is 4. The molecule has 0 saturated heterocycles. The van der Waals surface area contributed by atoms with Gasteiger partial charge in [-0.25, -0.2) is 15.0 Å². The highest BCUT2D eigenvalue weighted by Crippen LogP contribution is 2.32. The average Bonchev–Trinajstić information content (AvgIpc) is 2.78. The number of hydrogen-bond acceptors (Lipinski definition) is 6. The lowest BCUT2D eigenvalue weighted by Crippen LogP contribution is -2.29. The molecule has 6 nitrogen and oxygen atoms in total. The molecular weight excluding hydrogens is 394 g/mol. The summed E-state index contributed by atoms with van der Waals surface area (Å²) in [4.78, 5) is 27.3. The zero-order valence-electron chi connectivity index (χ0n) is 16.6. The van der Waals surface area contributed by atoms with Gasteiger partial charge in [-0.15, -0.1) is 0 Å². The van der Waals surface area contributed by atoms with E-state index in [2.05, 4.69) is 9.97 Å². The van der Waals surface area contributed by atoms with Crippen LogP contribution in [0.1, 0.15) is 44.0 Å². The maximum absolute atomic E-state index is 13.3. The van der Waals surface area contributed by atoms with Crippen LogP contribution in [0.5, 0.6) is 0 Å². The molecule has 1 aliphatic rings. The lowest BCUT2D eigenvalue weighted by atomic mass is 9.95. The maximum atomic E-state index is 13.3. The Hall–Kier alpha value is -2.93. The van der Waals surface area contributed by atoms with Crippen LogP contribution in [-0.2, 0) is 5.75 Å². The Bertz CT molecular complexity index is 1280. The predicted molar refractivity (Wildman–Crippen MR) is 122 cm³/mol. The quantitative estimate of drug-likeness (QED) is 0.382. The van der Waals surface area contributed by atoms with Gasteiger partial charge in [-0.1, -0.05) is 55.3 Å². The smallest absolute Gasteiger partial charge is 0.262 e. The summed E-state index contributed by atoms with van der Waals surface area (Å²) < 4.78 is 1.91. The van der Waals surface area contributed by atoms with Crippen molar-refractivity contribution in [1.29, 1.82) is 0 Å². The highest BCUT2D eigenvalue weighted by Gasteiger charge is 2.22. The van der Waals surface area contributed by atoms with Crippen molar-refractivity contribution in [2.45, 2.75) is 49.1 Å². The van der Waals surface area contributed by atoms with Crippen molar-refractivity contribution < 1.29 is 0 Å². The summed E-state index contributed by atoms with van der Waals surface area (Å²) in [5.74, 6) is 1.63. The molecule has 0 amide bonds. The van der Waals surface area contributed by atoms with Gasteiger partial charge >= 0.3 is 0 Å². The van der Waals surface area contributed by atoms with Crippen LogP contribution in [0.2, 0.25) is 0 Å². The number of hydrogen-bond donors (Lipinski definition) is 1. The van der Waals surface area contributed by atoms with Gasteiger partial charge in [0, 0.05) is 11.4 Å². The van der Waals surface area contributed by atoms with E-state index in [1.165, 1.54) is 18.2 Å². The van der Waals surface area contributed by atoms with Gasteiger partial charge in [-0.05, 0) is 37.1 Å². The van der Waals surface area contributed by atoms with E-state index >= 15 is 0 Å². The predicted octanol–water partition coefficient (Wildman–Crippen LogP) is 4.72. The van der Waals surface area contributed by atoms with Gasteiger partial charge in [0.05, 0.1) is 22.2 Å². The van der Waals surface area contributed by atoms with Crippen LogP contribution in [0.3, 0.4) is 0 Å². The SMILES string of the molecule is Nc1nc(CSc2nc3ccccc3c(=O)n2C2CCCCC2)nc2ccccc12. The van der Waals surface area contributed by atoms with Crippen LogP contribution in [0.4, 0.5) is 5.82 Å². The first-order valence-electron chi connectivity index (χ1n) is 10.4. The van der Waals surface area contributed by atoms with E-state index < -0.39 is 0 Å². The molecule has 1 aliphatic carbocycles. The van der Waals surface area contributed by atoms with Crippen LogP contribution in [0.15, 0.2) is 58.5 Å². The minimum atomic E-state index is 0.0499. The lowest BCUT2D eigenvalue weighted by molar-refractivity contribution is 0.326. The van der Waals surface area contributed by atoms with Gasteiger partial charge < -0.3 is 5.73 Å². The van der Waals surface area contributed by atoms with Crippen LogP contribution in [0, 0.1) is 0 Å². The number of rotatable bonds is 4. The third kappa shape index (κ3) is 3.54. The number of fused-ring (bicyclic) bond motifs is 2. The molecule has 0 atom stereocenters. The fraction of sp³-hybridized carbons (Fsp3) is 0.304. The van der Waals surface area contributed by atoms with Crippen molar-refractivity contribution in [3.8, 4) is 0 Å². The maximum Gasteiger partial charge on any atom is 0.262 e. The average molecular weight is 418 g/mol.